The normalized spacial score (nSPS) is 12.7. The molecule has 0 amide bonds. The largest absolute Gasteiger partial charge is 0.381 e. The van der Waals surface area contributed by atoms with Gasteiger partial charge in [-0.25, -0.2) is 0 Å². The summed E-state index contributed by atoms with van der Waals surface area (Å²) in [6.07, 6.45) is 2.08. The summed E-state index contributed by atoms with van der Waals surface area (Å²) >= 11 is 0. The van der Waals surface area contributed by atoms with E-state index in [0.29, 0.717) is 18.9 Å². The van der Waals surface area contributed by atoms with Crippen LogP contribution in [0.3, 0.4) is 0 Å². The minimum Gasteiger partial charge on any atom is -0.381 e. The van der Waals surface area contributed by atoms with Gasteiger partial charge in [0.15, 0.2) is 5.78 Å². The van der Waals surface area contributed by atoms with Crippen LogP contribution >= 0.6 is 0 Å². The average molecular weight is 170 g/mol. The third-order valence-electron chi connectivity index (χ3n) is 1.55. The van der Waals surface area contributed by atoms with Crippen LogP contribution in [0.15, 0.2) is 12.8 Å². The van der Waals surface area contributed by atoms with E-state index in [2.05, 4.69) is 11.9 Å². The van der Waals surface area contributed by atoms with Crippen molar-refractivity contribution >= 4 is 5.78 Å². The fourth-order valence-electron chi connectivity index (χ4n) is 0.979. The lowest BCUT2D eigenvalue weighted by atomic mass is 10.0. The maximum absolute atomic E-state index is 11.4. The van der Waals surface area contributed by atoms with Gasteiger partial charge >= 0.3 is 0 Å². The quantitative estimate of drug-likeness (QED) is 0.615. The van der Waals surface area contributed by atoms with E-state index in [-0.39, 0.29) is 11.8 Å². The van der Waals surface area contributed by atoms with Gasteiger partial charge in [0, 0.05) is 13.0 Å². The summed E-state index contributed by atoms with van der Waals surface area (Å²) in [6.45, 7) is 7.85. The molecule has 0 aliphatic heterocycles. The first kappa shape index (κ1) is 11.2. The molecule has 0 radical (unpaired) electrons. The Balaban J connectivity index is 3.93. The molecule has 1 atom stereocenters. The minimum atomic E-state index is -0.259. The highest BCUT2D eigenvalue weighted by atomic mass is 16.1. The number of carbonyl (C=O) groups excluding carboxylic acids is 1. The first-order valence-electron chi connectivity index (χ1n) is 4.21. The van der Waals surface area contributed by atoms with Crippen molar-refractivity contribution in [3.63, 3.8) is 0 Å². The van der Waals surface area contributed by atoms with Gasteiger partial charge in [-0.15, -0.1) is 0 Å². The monoisotopic (exact) mass is 170 g/mol. The summed E-state index contributed by atoms with van der Waals surface area (Å²) in [4.78, 5) is 11.4. The van der Waals surface area contributed by atoms with E-state index in [4.69, 9.17) is 5.73 Å². The average Bonchev–Trinajstić information content (AvgIpc) is 1.98. The van der Waals surface area contributed by atoms with Crippen molar-refractivity contribution in [3.8, 4) is 0 Å². The maximum Gasteiger partial charge on any atom is 0.156 e. The Morgan fingerprint density at radius 1 is 1.67 bits per heavy atom. The molecular weight excluding hydrogens is 152 g/mol. The first-order chi connectivity index (χ1) is 5.61. The van der Waals surface area contributed by atoms with Crippen molar-refractivity contribution in [1.29, 1.82) is 0 Å². The lowest BCUT2D eigenvalue weighted by Gasteiger charge is -2.14. The standard InChI is InChI=1S/C9H18N2O/c1-4-11-8(6-10)9(12)5-7(2)3/h4,7-8,11H,1,5-6,10H2,2-3H3. The zero-order valence-corrected chi connectivity index (χ0v) is 7.84. The van der Waals surface area contributed by atoms with Gasteiger partial charge in [0.1, 0.15) is 0 Å². The van der Waals surface area contributed by atoms with Crippen LogP contribution in [-0.4, -0.2) is 18.4 Å². The van der Waals surface area contributed by atoms with E-state index in [1.807, 2.05) is 13.8 Å². The van der Waals surface area contributed by atoms with Crippen molar-refractivity contribution in [1.82, 2.24) is 5.32 Å². The molecule has 3 heteroatoms. The van der Waals surface area contributed by atoms with Crippen LogP contribution in [0.25, 0.3) is 0 Å². The number of hydrogen-bond donors (Lipinski definition) is 2. The lowest BCUT2D eigenvalue weighted by molar-refractivity contribution is -0.121. The third kappa shape index (κ3) is 4.13. The highest BCUT2D eigenvalue weighted by Crippen LogP contribution is 2.02. The van der Waals surface area contributed by atoms with E-state index in [0.717, 1.165) is 0 Å². The van der Waals surface area contributed by atoms with E-state index >= 15 is 0 Å². The van der Waals surface area contributed by atoms with Gasteiger partial charge in [-0.1, -0.05) is 20.4 Å². The second-order valence-electron chi connectivity index (χ2n) is 3.22. The number of rotatable bonds is 6. The van der Waals surface area contributed by atoms with Gasteiger partial charge in [0.25, 0.3) is 0 Å². The van der Waals surface area contributed by atoms with Gasteiger partial charge in [-0.05, 0) is 12.1 Å². The van der Waals surface area contributed by atoms with Crippen molar-refractivity contribution in [2.45, 2.75) is 26.3 Å². The number of hydrogen-bond acceptors (Lipinski definition) is 3. The fraction of sp³-hybridized carbons (Fsp3) is 0.667. The highest BCUT2D eigenvalue weighted by Gasteiger charge is 2.15. The van der Waals surface area contributed by atoms with Crippen LogP contribution in [0.4, 0.5) is 0 Å². The van der Waals surface area contributed by atoms with Gasteiger partial charge in [0.05, 0.1) is 6.04 Å². The molecule has 0 aromatic heterocycles. The smallest absolute Gasteiger partial charge is 0.156 e. The molecule has 0 aliphatic carbocycles. The molecule has 0 aromatic rings. The van der Waals surface area contributed by atoms with Crippen molar-refractivity contribution < 1.29 is 4.79 Å². The first-order valence-corrected chi connectivity index (χ1v) is 4.21. The van der Waals surface area contributed by atoms with Gasteiger partial charge in [0.2, 0.25) is 0 Å². The molecule has 1 unspecified atom stereocenters. The van der Waals surface area contributed by atoms with Crippen LogP contribution in [0.5, 0.6) is 0 Å². The van der Waals surface area contributed by atoms with Gasteiger partial charge < -0.3 is 11.1 Å². The number of nitrogens with one attached hydrogen (secondary N) is 1. The van der Waals surface area contributed by atoms with Crippen LogP contribution in [0.1, 0.15) is 20.3 Å². The summed E-state index contributed by atoms with van der Waals surface area (Å²) in [5.41, 5.74) is 5.40. The Kier molecular flexibility index (Phi) is 5.37. The van der Waals surface area contributed by atoms with E-state index < -0.39 is 0 Å². The molecule has 0 saturated carbocycles. The summed E-state index contributed by atoms with van der Waals surface area (Å²) in [5.74, 6) is 0.547. The molecule has 0 aliphatic rings. The fourth-order valence-corrected chi connectivity index (χ4v) is 0.979. The van der Waals surface area contributed by atoms with Crippen LogP contribution in [0.2, 0.25) is 0 Å². The Bertz CT molecular complexity index is 155. The second kappa shape index (κ2) is 5.77. The Hall–Kier alpha value is -0.830. The Morgan fingerprint density at radius 3 is 2.58 bits per heavy atom. The molecule has 3 N–H and O–H groups in total. The number of carbonyl (C=O) groups is 1. The Labute approximate surface area is 74.0 Å². The molecule has 0 heterocycles. The maximum atomic E-state index is 11.4. The third-order valence-corrected chi connectivity index (χ3v) is 1.55. The van der Waals surface area contributed by atoms with Crippen LogP contribution in [0, 0.1) is 5.92 Å². The van der Waals surface area contributed by atoms with Crippen LogP contribution in [-0.2, 0) is 4.79 Å². The highest BCUT2D eigenvalue weighted by molar-refractivity contribution is 5.84. The van der Waals surface area contributed by atoms with Crippen LogP contribution < -0.4 is 11.1 Å². The summed E-state index contributed by atoms with van der Waals surface area (Å²) in [6, 6.07) is -0.259. The molecule has 12 heavy (non-hydrogen) atoms. The predicted octanol–water partition coefficient (Wildman–Crippen LogP) is 0.662. The minimum absolute atomic E-state index is 0.160. The zero-order valence-electron chi connectivity index (χ0n) is 7.84. The molecule has 0 spiro atoms. The zero-order chi connectivity index (χ0) is 9.56. The SMILES string of the molecule is C=CNC(CN)C(=O)CC(C)C. The summed E-state index contributed by atoms with van der Waals surface area (Å²) in [5, 5.41) is 2.83. The predicted molar refractivity (Wildman–Crippen MR) is 50.6 cm³/mol. The molecule has 0 saturated heterocycles. The topological polar surface area (TPSA) is 55.1 Å². The van der Waals surface area contributed by atoms with Crippen molar-refractivity contribution in [3.05, 3.63) is 12.8 Å². The molecule has 3 nitrogen and oxygen atoms in total. The summed E-state index contributed by atoms with van der Waals surface area (Å²) in [7, 11) is 0. The number of nitrogens with two attached hydrogens (primary N) is 1. The Morgan fingerprint density at radius 2 is 2.25 bits per heavy atom. The van der Waals surface area contributed by atoms with E-state index in [9.17, 15) is 4.79 Å². The second-order valence-corrected chi connectivity index (χ2v) is 3.22. The van der Waals surface area contributed by atoms with Crippen molar-refractivity contribution in [2.75, 3.05) is 6.54 Å². The van der Waals surface area contributed by atoms with Crippen molar-refractivity contribution in [2.24, 2.45) is 11.7 Å². The molecule has 70 valence electrons. The molecular formula is C9H18N2O. The lowest BCUT2D eigenvalue weighted by Crippen LogP contribution is -2.40. The number of ketones is 1. The van der Waals surface area contributed by atoms with E-state index in [1.54, 1.807) is 0 Å². The summed E-state index contributed by atoms with van der Waals surface area (Å²) < 4.78 is 0. The molecule has 0 fully saturated rings. The van der Waals surface area contributed by atoms with Gasteiger partial charge in [-0.3, -0.25) is 4.79 Å². The van der Waals surface area contributed by atoms with E-state index in [1.165, 1.54) is 6.20 Å². The number of Topliss-reactive ketones (excluding diaryl/α,β-unsaturated/α-hetero) is 1. The molecule has 0 rings (SSSR count). The van der Waals surface area contributed by atoms with Gasteiger partial charge in [-0.2, -0.15) is 0 Å². The molecule has 0 bridgehead atoms. The molecule has 0 aromatic carbocycles.